The van der Waals surface area contributed by atoms with Crippen molar-refractivity contribution in [1.29, 1.82) is 0 Å². The van der Waals surface area contributed by atoms with E-state index in [0.717, 1.165) is 24.5 Å². The zero-order valence-electron chi connectivity index (χ0n) is 14.0. The topological polar surface area (TPSA) is 37.4 Å². The summed E-state index contributed by atoms with van der Waals surface area (Å²) in [5.41, 5.74) is 1.13. The van der Waals surface area contributed by atoms with Crippen LogP contribution in [0.25, 0.3) is 0 Å². The first-order valence-corrected chi connectivity index (χ1v) is 7.77. The van der Waals surface area contributed by atoms with Gasteiger partial charge in [0.2, 0.25) is 0 Å². The van der Waals surface area contributed by atoms with Gasteiger partial charge in [0.15, 0.2) is 0 Å². The number of aromatic nitrogens is 1. The minimum Gasteiger partial charge on any atom is -0.383 e. The summed E-state index contributed by atoms with van der Waals surface area (Å²) in [7, 11) is 1.71. The molecule has 0 aliphatic heterocycles. The molecule has 0 unspecified atom stereocenters. The minimum absolute atomic E-state index is 0.0561. The molecule has 0 radical (unpaired) electrons. The van der Waals surface area contributed by atoms with Crippen molar-refractivity contribution >= 4 is 17.4 Å². The lowest BCUT2D eigenvalue weighted by molar-refractivity contribution is 0.203. The first-order chi connectivity index (χ1) is 9.74. The summed E-state index contributed by atoms with van der Waals surface area (Å²) in [6, 6.07) is 2.42. The number of nitrogens with one attached hydrogen (secondary N) is 1. The maximum absolute atomic E-state index is 6.27. The molecule has 0 aliphatic carbocycles. The van der Waals surface area contributed by atoms with Crippen LogP contribution in [0.15, 0.2) is 12.3 Å². The predicted octanol–water partition coefficient (Wildman–Crippen LogP) is 3.48. The molecule has 0 saturated heterocycles. The van der Waals surface area contributed by atoms with Crippen molar-refractivity contribution in [3.63, 3.8) is 0 Å². The second kappa shape index (κ2) is 7.97. The molecule has 0 saturated carbocycles. The molecule has 1 aromatic rings. The van der Waals surface area contributed by atoms with E-state index in [9.17, 15) is 0 Å². The number of hydrogen-bond donors (Lipinski definition) is 1. The Labute approximate surface area is 133 Å². The lowest BCUT2D eigenvalue weighted by atomic mass is 10.1. The van der Waals surface area contributed by atoms with Crippen molar-refractivity contribution in [2.45, 2.75) is 52.7 Å². The van der Waals surface area contributed by atoms with Gasteiger partial charge in [0, 0.05) is 38.0 Å². The van der Waals surface area contributed by atoms with Gasteiger partial charge in [-0.2, -0.15) is 0 Å². The van der Waals surface area contributed by atoms with Crippen LogP contribution >= 0.6 is 11.6 Å². The summed E-state index contributed by atoms with van der Waals surface area (Å²) >= 11 is 6.27. The fraction of sp³-hybridized carbons (Fsp3) is 0.688. The molecule has 0 atom stereocenters. The van der Waals surface area contributed by atoms with E-state index in [0.29, 0.717) is 17.7 Å². The third-order valence-electron chi connectivity index (χ3n) is 3.18. The highest BCUT2D eigenvalue weighted by Gasteiger charge is 2.15. The van der Waals surface area contributed by atoms with E-state index in [1.165, 1.54) is 0 Å². The van der Waals surface area contributed by atoms with Crippen LogP contribution in [-0.2, 0) is 11.3 Å². The smallest absolute Gasteiger partial charge is 0.129 e. The molecule has 1 rings (SSSR count). The average molecular weight is 314 g/mol. The summed E-state index contributed by atoms with van der Waals surface area (Å²) in [6.45, 7) is 12.9. The Hall–Kier alpha value is -0.840. The number of anilines is 1. The Bertz CT molecular complexity index is 444. The van der Waals surface area contributed by atoms with E-state index in [-0.39, 0.29) is 5.54 Å². The Morgan fingerprint density at radius 2 is 2.05 bits per heavy atom. The van der Waals surface area contributed by atoms with Gasteiger partial charge < -0.3 is 15.0 Å². The summed E-state index contributed by atoms with van der Waals surface area (Å²) in [5, 5.41) is 4.16. The lowest BCUT2D eigenvalue weighted by Crippen LogP contribution is -2.36. The standard InChI is InChI=1S/C16H28ClN3O/c1-12(2)20(7-8-21-6)15-9-13(14(17)11-18-15)10-19-16(3,4)5/h9,11-12,19H,7-8,10H2,1-6H3. The quantitative estimate of drug-likeness (QED) is 0.836. The molecule has 0 spiro atoms. The van der Waals surface area contributed by atoms with Crippen molar-refractivity contribution in [2.24, 2.45) is 0 Å². The molecule has 1 heterocycles. The van der Waals surface area contributed by atoms with Gasteiger partial charge in [0.1, 0.15) is 5.82 Å². The molecule has 0 aromatic carbocycles. The van der Waals surface area contributed by atoms with E-state index in [1.807, 2.05) is 0 Å². The average Bonchev–Trinajstić information content (AvgIpc) is 2.38. The van der Waals surface area contributed by atoms with Crippen molar-refractivity contribution in [3.05, 3.63) is 22.8 Å². The fourth-order valence-electron chi connectivity index (χ4n) is 1.95. The zero-order chi connectivity index (χ0) is 16.0. The van der Waals surface area contributed by atoms with Gasteiger partial charge >= 0.3 is 0 Å². The van der Waals surface area contributed by atoms with Crippen molar-refractivity contribution < 1.29 is 4.74 Å². The first-order valence-electron chi connectivity index (χ1n) is 7.39. The molecular weight excluding hydrogens is 286 g/mol. The number of hydrogen-bond acceptors (Lipinski definition) is 4. The highest BCUT2D eigenvalue weighted by molar-refractivity contribution is 6.31. The van der Waals surface area contributed by atoms with Gasteiger partial charge in [0.25, 0.3) is 0 Å². The molecule has 21 heavy (non-hydrogen) atoms. The van der Waals surface area contributed by atoms with Crippen molar-refractivity contribution in [2.75, 3.05) is 25.2 Å². The summed E-state index contributed by atoms with van der Waals surface area (Å²) in [5.74, 6) is 0.942. The SMILES string of the molecule is COCCN(c1cc(CNC(C)(C)C)c(Cl)cn1)C(C)C. The van der Waals surface area contributed by atoms with Crippen molar-refractivity contribution in [3.8, 4) is 0 Å². The highest BCUT2D eigenvalue weighted by Crippen LogP contribution is 2.22. The molecule has 0 aliphatic rings. The monoisotopic (exact) mass is 313 g/mol. The van der Waals surface area contributed by atoms with E-state index in [1.54, 1.807) is 13.3 Å². The number of methoxy groups -OCH3 is 1. The molecule has 5 heteroatoms. The van der Waals surface area contributed by atoms with Crippen LogP contribution in [0.5, 0.6) is 0 Å². The minimum atomic E-state index is 0.0561. The number of ether oxygens (including phenoxy) is 1. The van der Waals surface area contributed by atoms with Gasteiger partial charge in [-0.3, -0.25) is 0 Å². The van der Waals surface area contributed by atoms with E-state index in [2.05, 4.69) is 55.9 Å². The van der Waals surface area contributed by atoms with Crippen LogP contribution in [-0.4, -0.2) is 36.8 Å². The molecule has 4 nitrogen and oxygen atoms in total. The number of halogens is 1. The van der Waals surface area contributed by atoms with Crippen molar-refractivity contribution in [1.82, 2.24) is 10.3 Å². The van der Waals surface area contributed by atoms with Gasteiger partial charge in [-0.05, 0) is 46.2 Å². The molecule has 1 aromatic heterocycles. The molecule has 0 amide bonds. The second-order valence-corrected chi connectivity index (χ2v) is 6.92. The number of rotatable bonds is 7. The molecule has 0 bridgehead atoms. The summed E-state index contributed by atoms with van der Waals surface area (Å²) in [4.78, 5) is 6.69. The van der Waals surface area contributed by atoms with E-state index < -0.39 is 0 Å². The molecule has 0 fully saturated rings. The number of pyridine rings is 1. The lowest BCUT2D eigenvalue weighted by Gasteiger charge is -2.28. The van der Waals surface area contributed by atoms with Crippen LogP contribution in [0.1, 0.15) is 40.2 Å². The zero-order valence-corrected chi connectivity index (χ0v) is 14.8. The molecular formula is C16H28ClN3O. The second-order valence-electron chi connectivity index (χ2n) is 6.52. The number of nitrogens with zero attached hydrogens (tertiary/aromatic N) is 2. The van der Waals surface area contributed by atoms with Crippen LogP contribution in [0.4, 0.5) is 5.82 Å². The normalized spacial score (nSPS) is 12.0. The fourth-order valence-corrected chi connectivity index (χ4v) is 2.12. The Morgan fingerprint density at radius 1 is 1.38 bits per heavy atom. The Balaban J connectivity index is 2.92. The van der Waals surface area contributed by atoms with Gasteiger partial charge in [-0.25, -0.2) is 4.98 Å². The highest BCUT2D eigenvalue weighted by atomic mass is 35.5. The maximum atomic E-state index is 6.27. The Kier molecular flexibility index (Phi) is 6.91. The van der Waals surface area contributed by atoms with Gasteiger partial charge in [-0.15, -0.1) is 0 Å². The largest absolute Gasteiger partial charge is 0.383 e. The summed E-state index contributed by atoms with van der Waals surface area (Å²) < 4.78 is 5.18. The van der Waals surface area contributed by atoms with Gasteiger partial charge in [-0.1, -0.05) is 11.6 Å². The molecule has 1 N–H and O–H groups in total. The third kappa shape index (κ3) is 6.20. The maximum Gasteiger partial charge on any atom is 0.129 e. The molecule has 120 valence electrons. The Morgan fingerprint density at radius 3 is 2.57 bits per heavy atom. The van der Waals surface area contributed by atoms with Crippen LogP contribution in [0, 0.1) is 0 Å². The first kappa shape index (κ1) is 18.2. The van der Waals surface area contributed by atoms with E-state index >= 15 is 0 Å². The van der Waals surface area contributed by atoms with Gasteiger partial charge in [0.05, 0.1) is 11.6 Å². The van der Waals surface area contributed by atoms with Crippen LogP contribution in [0.2, 0.25) is 5.02 Å². The predicted molar refractivity (Wildman–Crippen MR) is 90.2 cm³/mol. The third-order valence-corrected chi connectivity index (χ3v) is 3.52. The van der Waals surface area contributed by atoms with E-state index in [4.69, 9.17) is 16.3 Å². The van der Waals surface area contributed by atoms with Crippen LogP contribution in [0.3, 0.4) is 0 Å². The van der Waals surface area contributed by atoms with Crippen LogP contribution < -0.4 is 10.2 Å². The summed E-state index contributed by atoms with van der Waals surface area (Å²) in [6.07, 6.45) is 1.73.